The normalized spacial score (nSPS) is 14.1. The van der Waals surface area contributed by atoms with Crippen molar-refractivity contribution in [2.75, 3.05) is 0 Å². The number of allylic oxidation sites excluding steroid dienone is 1. The maximum atomic E-state index is 12.8. The Morgan fingerprint density at radius 1 is 1.00 bits per heavy atom. The molecular formula is C24H18Cl2O3. The fourth-order valence-electron chi connectivity index (χ4n) is 3.20. The Labute approximate surface area is 179 Å². The number of hydrogen-bond donors (Lipinski definition) is 0. The zero-order chi connectivity index (χ0) is 20.5. The van der Waals surface area contributed by atoms with Gasteiger partial charge in [-0.15, -0.1) is 0 Å². The predicted octanol–water partition coefficient (Wildman–Crippen LogP) is 6.81. The average Bonchev–Trinajstić information content (AvgIpc) is 2.99. The van der Waals surface area contributed by atoms with Crippen LogP contribution in [0.4, 0.5) is 0 Å². The van der Waals surface area contributed by atoms with Crippen molar-refractivity contribution >= 4 is 35.1 Å². The first-order valence-corrected chi connectivity index (χ1v) is 9.89. The number of aryl methyl sites for hydroxylation is 2. The van der Waals surface area contributed by atoms with Crippen LogP contribution in [0.2, 0.25) is 10.0 Å². The zero-order valence-corrected chi connectivity index (χ0v) is 17.5. The Balaban J connectivity index is 1.58. The first kappa shape index (κ1) is 19.6. The van der Waals surface area contributed by atoms with Crippen molar-refractivity contribution in [1.82, 2.24) is 0 Å². The molecule has 0 unspecified atom stereocenters. The van der Waals surface area contributed by atoms with Crippen LogP contribution in [0.1, 0.15) is 32.6 Å². The molecule has 0 saturated heterocycles. The van der Waals surface area contributed by atoms with E-state index in [0.717, 1.165) is 16.7 Å². The van der Waals surface area contributed by atoms with Crippen molar-refractivity contribution < 1.29 is 14.3 Å². The van der Waals surface area contributed by atoms with Crippen LogP contribution in [0.5, 0.6) is 11.5 Å². The van der Waals surface area contributed by atoms with Crippen LogP contribution < -0.4 is 9.47 Å². The summed E-state index contributed by atoms with van der Waals surface area (Å²) < 4.78 is 11.7. The number of ketones is 1. The highest BCUT2D eigenvalue weighted by molar-refractivity contribution is 6.35. The minimum absolute atomic E-state index is 0.126. The van der Waals surface area contributed by atoms with Crippen molar-refractivity contribution in [3.8, 4) is 11.5 Å². The SMILES string of the molecule is Cc1ccc(/C=C2\Oc3cc(OCc4c(Cl)cccc4Cl)cc(C)c3C2=O)cc1. The molecule has 0 atom stereocenters. The lowest BCUT2D eigenvalue weighted by Crippen LogP contribution is -2.00. The van der Waals surface area contributed by atoms with Crippen molar-refractivity contribution in [3.05, 3.63) is 98.2 Å². The second kappa shape index (κ2) is 7.94. The number of ether oxygens (including phenoxy) is 2. The lowest BCUT2D eigenvalue weighted by Gasteiger charge is -2.11. The van der Waals surface area contributed by atoms with E-state index in [-0.39, 0.29) is 12.4 Å². The summed E-state index contributed by atoms with van der Waals surface area (Å²) in [6.07, 6.45) is 1.76. The molecule has 29 heavy (non-hydrogen) atoms. The Bertz CT molecular complexity index is 1110. The van der Waals surface area contributed by atoms with E-state index in [1.165, 1.54) is 0 Å². The molecule has 0 aromatic heterocycles. The molecule has 1 aliphatic rings. The summed E-state index contributed by atoms with van der Waals surface area (Å²) in [7, 11) is 0. The molecular weight excluding hydrogens is 407 g/mol. The van der Waals surface area contributed by atoms with E-state index in [4.69, 9.17) is 32.7 Å². The quantitative estimate of drug-likeness (QED) is 0.431. The molecule has 1 heterocycles. The van der Waals surface area contributed by atoms with Crippen LogP contribution >= 0.6 is 23.2 Å². The van der Waals surface area contributed by atoms with Gasteiger partial charge in [-0.2, -0.15) is 0 Å². The van der Waals surface area contributed by atoms with Gasteiger partial charge in [-0.25, -0.2) is 0 Å². The molecule has 4 rings (SSSR count). The van der Waals surface area contributed by atoms with E-state index in [0.29, 0.717) is 38.4 Å². The summed E-state index contributed by atoms with van der Waals surface area (Å²) in [4.78, 5) is 12.8. The highest BCUT2D eigenvalue weighted by Crippen LogP contribution is 2.38. The molecule has 0 aliphatic carbocycles. The van der Waals surface area contributed by atoms with Gasteiger partial charge in [0.25, 0.3) is 0 Å². The van der Waals surface area contributed by atoms with Gasteiger partial charge in [-0.1, -0.05) is 59.1 Å². The molecule has 0 spiro atoms. The standard InChI is InChI=1S/C24H18Cl2O3/c1-14-6-8-16(9-7-14)11-22-24(27)23-15(2)10-17(12-21(23)29-22)28-13-18-19(25)4-3-5-20(18)26/h3-12H,13H2,1-2H3/b22-11-. The molecule has 5 heteroatoms. The molecule has 0 N–H and O–H groups in total. The van der Waals surface area contributed by atoms with Gasteiger partial charge in [0.2, 0.25) is 5.78 Å². The molecule has 3 aromatic carbocycles. The summed E-state index contributed by atoms with van der Waals surface area (Å²) >= 11 is 12.4. The minimum Gasteiger partial charge on any atom is -0.489 e. The van der Waals surface area contributed by atoms with Crippen LogP contribution in [-0.2, 0) is 6.61 Å². The van der Waals surface area contributed by atoms with Crippen LogP contribution in [0.25, 0.3) is 6.08 Å². The summed E-state index contributed by atoms with van der Waals surface area (Å²) in [5.74, 6) is 1.26. The fraction of sp³-hybridized carbons (Fsp3) is 0.125. The molecule has 0 amide bonds. The maximum Gasteiger partial charge on any atom is 0.232 e. The largest absolute Gasteiger partial charge is 0.489 e. The first-order valence-electron chi connectivity index (χ1n) is 9.13. The second-order valence-corrected chi connectivity index (χ2v) is 7.77. The van der Waals surface area contributed by atoms with Gasteiger partial charge in [0.05, 0.1) is 5.56 Å². The van der Waals surface area contributed by atoms with Gasteiger partial charge in [0.1, 0.15) is 18.1 Å². The van der Waals surface area contributed by atoms with Crippen LogP contribution in [0.3, 0.4) is 0 Å². The van der Waals surface area contributed by atoms with Crippen LogP contribution in [0.15, 0.2) is 60.4 Å². The first-order chi connectivity index (χ1) is 13.9. The highest BCUT2D eigenvalue weighted by atomic mass is 35.5. The van der Waals surface area contributed by atoms with Gasteiger partial charge in [-0.3, -0.25) is 4.79 Å². The summed E-state index contributed by atoms with van der Waals surface area (Å²) in [5, 5.41) is 1.09. The van der Waals surface area contributed by atoms with E-state index in [1.807, 2.05) is 44.2 Å². The number of carbonyl (C=O) groups is 1. The number of halogens is 2. The van der Waals surface area contributed by atoms with Crippen molar-refractivity contribution in [2.24, 2.45) is 0 Å². The van der Waals surface area contributed by atoms with Gasteiger partial charge in [0, 0.05) is 21.7 Å². The summed E-state index contributed by atoms with van der Waals surface area (Å²) in [6, 6.07) is 16.8. The number of carbonyl (C=O) groups excluding carboxylic acids is 1. The Hall–Kier alpha value is -2.75. The zero-order valence-electron chi connectivity index (χ0n) is 16.0. The maximum absolute atomic E-state index is 12.8. The van der Waals surface area contributed by atoms with Crippen LogP contribution in [0, 0.1) is 13.8 Å². The number of fused-ring (bicyclic) bond motifs is 1. The fourth-order valence-corrected chi connectivity index (χ4v) is 3.71. The van der Waals surface area contributed by atoms with Crippen molar-refractivity contribution in [1.29, 1.82) is 0 Å². The molecule has 3 nitrogen and oxygen atoms in total. The third-order valence-corrected chi connectivity index (χ3v) is 5.47. The molecule has 146 valence electrons. The third-order valence-electron chi connectivity index (χ3n) is 4.76. The third kappa shape index (κ3) is 4.02. The molecule has 0 saturated carbocycles. The summed E-state index contributed by atoms with van der Waals surface area (Å²) in [6.45, 7) is 4.10. The van der Waals surface area contributed by atoms with E-state index in [2.05, 4.69) is 0 Å². The average molecular weight is 425 g/mol. The van der Waals surface area contributed by atoms with Gasteiger partial charge >= 0.3 is 0 Å². The lowest BCUT2D eigenvalue weighted by molar-refractivity contribution is 0.101. The molecule has 3 aromatic rings. The molecule has 0 bridgehead atoms. The predicted molar refractivity (Wildman–Crippen MR) is 116 cm³/mol. The molecule has 0 radical (unpaired) electrons. The highest BCUT2D eigenvalue weighted by Gasteiger charge is 2.30. The lowest BCUT2D eigenvalue weighted by atomic mass is 10.0. The topological polar surface area (TPSA) is 35.5 Å². The minimum atomic E-state index is -0.126. The van der Waals surface area contributed by atoms with Gasteiger partial charge in [-0.05, 0) is 49.2 Å². The number of hydrogen-bond acceptors (Lipinski definition) is 3. The number of benzene rings is 3. The smallest absolute Gasteiger partial charge is 0.232 e. The molecule has 1 aliphatic heterocycles. The van der Waals surface area contributed by atoms with E-state index in [1.54, 1.807) is 30.3 Å². The van der Waals surface area contributed by atoms with Crippen LogP contribution in [-0.4, -0.2) is 5.78 Å². The molecule has 0 fully saturated rings. The Kier molecular flexibility index (Phi) is 5.35. The number of Topliss-reactive ketones (excluding diaryl/α,β-unsaturated/α-hetero) is 1. The van der Waals surface area contributed by atoms with Gasteiger partial charge < -0.3 is 9.47 Å². The Morgan fingerprint density at radius 3 is 2.38 bits per heavy atom. The Morgan fingerprint density at radius 2 is 1.69 bits per heavy atom. The number of rotatable bonds is 4. The van der Waals surface area contributed by atoms with E-state index in [9.17, 15) is 4.79 Å². The van der Waals surface area contributed by atoms with Gasteiger partial charge in [0.15, 0.2) is 5.76 Å². The van der Waals surface area contributed by atoms with E-state index < -0.39 is 0 Å². The van der Waals surface area contributed by atoms with Crippen molar-refractivity contribution in [2.45, 2.75) is 20.5 Å². The van der Waals surface area contributed by atoms with Crippen molar-refractivity contribution in [3.63, 3.8) is 0 Å². The van der Waals surface area contributed by atoms with E-state index >= 15 is 0 Å². The second-order valence-electron chi connectivity index (χ2n) is 6.95. The monoisotopic (exact) mass is 424 g/mol. The summed E-state index contributed by atoms with van der Waals surface area (Å²) in [5.41, 5.74) is 4.14.